The van der Waals surface area contributed by atoms with Crippen molar-refractivity contribution in [2.24, 2.45) is 11.7 Å². The molecule has 0 radical (unpaired) electrons. The maximum atomic E-state index is 13.3. The van der Waals surface area contributed by atoms with Crippen LogP contribution in [0.1, 0.15) is 49.3 Å². The first-order valence-electron chi connectivity index (χ1n) is 7.92. The molecule has 1 saturated carbocycles. The molecule has 1 aliphatic heterocycles. The van der Waals surface area contributed by atoms with Crippen LogP contribution in [0, 0.1) is 18.7 Å². The van der Waals surface area contributed by atoms with Crippen LogP contribution in [0.4, 0.5) is 4.39 Å². The molecule has 3 unspecified atom stereocenters. The van der Waals surface area contributed by atoms with E-state index in [-0.39, 0.29) is 11.9 Å². The highest BCUT2D eigenvalue weighted by Gasteiger charge is 2.39. The molecule has 0 bridgehead atoms. The zero-order chi connectivity index (χ0) is 14.1. The number of hydrogen-bond acceptors (Lipinski definition) is 2. The van der Waals surface area contributed by atoms with Gasteiger partial charge in [0.05, 0.1) is 0 Å². The molecule has 1 saturated heterocycles. The number of hydrogen-bond donors (Lipinski definition) is 1. The lowest BCUT2D eigenvalue weighted by atomic mass is 9.84. The third kappa shape index (κ3) is 2.49. The van der Waals surface area contributed by atoms with Gasteiger partial charge in [0.25, 0.3) is 0 Å². The molecular formula is C17H25FN2. The SMILES string of the molecule is Cc1cc(F)ccc1C(CN)N1CCC2CCCCC21. The molecular weight excluding hydrogens is 251 g/mol. The molecule has 2 nitrogen and oxygen atoms in total. The zero-order valence-corrected chi connectivity index (χ0v) is 12.3. The van der Waals surface area contributed by atoms with Gasteiger partial charge in [-0.1, -0.05) is 18.9 Å². The second-order valence-electron chi connectivity index (χ2n) is 6.39. The van der Waals surface area contributed by atoms with E-state index in [2.05, 4.69) is 4.90 Å². The number of benzene rings is 1. The standard InChI is InChI=1S/C17H25FN2/c1-12-10-14(18)6-7-15(12)17(11-19)20-9-8-13-4-2-3-5-16(13)20/h6-7,10,13,16-17H,2-5,8-9,11,19H2,1H3. The third-order valence-corrected chi connectivity index (χ3v) is 5.27. The van der Waals surface area contributed by atoms with E-state index in [4.69, 9.17) is 5.73 Å². The van der Waals surface area contributed by atoms with Gasteiger partial charge in [0.15, 0.2) is 0 Å². The number of nitrogens with zero attached hydrogens (tertiary/aromatic N) is 1. The molecule has 0 spiro atoms. The summed E-state index contributed by atoms with van der Waals surface area (Å²) in [5.41, 5.74) is 8.31. The first-order valence-corrected chi connectivity index (χ1v) is 7.92. The first kappa shape index (κ1) is 14.0. The summed E-state index contributed by atoms with van der Waals surface area (Å²) in [6.07, 6.45) is 6.72. The summed E-state index contributed by atoms with van der Waals surface area (Å²) in [7, 11) is 0. The van der Waals surface area contributed by atoms with Crippen LogP contribution in [0.25, 0.3) is 0 Å². The van der Waals surface area contributed by atoms with Crippen LogP contribution in [-0.4, -0.2) is 24.0 Å². The molecule has 1 heterocycles. The zero-order valence-electron chi connectivity index (χ0n) is 12.3. The minimum atomic E-state index is -0.154. The van der Waals surface area contributed by atoms with Crippen molar-refractivity contribution in [1.82, 2.24) is 4.90 Å². The Balaban J connectivity index is 1.86. The predicted octanol–water partition coefficient (Wildman–Crippen LogP) is 3.40. The van der Waals surface area contributed by atoms with E-state index in [9.17, 15) is 4.39 Å². The quantitative estimate of drug-likeness (QED) is 0.917. The fourth-order valence-electron chi connectivity index (χ4n) is 4.28. The Morgan fingerprint density at radius 1 is 1.30 bits per heavy atom. The molecule has 3 atom stereocenters. The predicted molar refractivity (Wildman–Crippen MR) is 80.0 cm³/mol. The first-order chi connectivity index (χ1) is 9.70. The highest BCUT2D eigenvalue weighted by Crippen LogP contribution is 2.40. The smallest absolute Gasteiger partial charge is 0.123 e. The van der Waals surface area contributed by atoms with Crippen LogP contribution in [0.3, 0.4) is 0 Å². The van der Waals surface area contributed by atoms with Crippen molar-refractivity contribution in [3.05, 3.63) is 35.1 Å². The van der Waals surface area contributed by atoms with Gasteiger partial charge >= 0.3 is 0 Å². The highest BCUT2D eigenvalue weighted by atomic mass is 19.1. The molecule has 1 aromatic carbocycles. The lowest BCUT2D eigenvalue weighted by Gasteiger charge is -2.37. The lowest BCUT2D eigenvalue weighted by Crippen LogP contribution is -2.40. The number of aryl methyl sites for hydroxylation is 1. The van der Waals surface area contributed by atoms with E-state index < -0.39 is 0 Å². The monoisotopic (exact) mass is 276 g/mol. The number of nitrogens with two attached hydrogens (primary N) is 1. The normalized spacial score (nSPS) is 28.4. The van der Waals surface area contributed by atoms with E-state index in [0.29, 0.717) is 12.6 Å². The maximum absolute atomic E-state index is 13.3. The van der Waals surface area contributed by atoms with Crippen LogP contribution in [0.5, 0.6) is 0 Å². The Hall–Kier alpha value is -0.930. The Morgan fingerprint density at radius 2 is 2.10 bits per heavy atom. The van der Waals surface area contributed by atoms with E-state index >= 15 is 0 Å². The van der Waals surface area contributed by atoms with Crippen molar-refractivity contribution >= 4 is 0 Å². The van der Waals surface area contributed by atoms with Crippen molar-refractivity contribution in [3.63, 3.8) is 0 Å². The number of halogens is 1. The van der Waals surface area contributed by atoms with Crippen LogP contribution in [0.2, 0.25) is 0 Å². The highest BCUT2D eigenvalue weighted by molar-refractivity contribution is 5.30. The summed E-state index contributed by atoms with van der Waals surface area (Å²) in [4.78, 5) is 2.60. The van der Waals surface area contributed by atoms with Crippen molar-refractivity contribution < 1.29 is 4.39 Å². The van der Waals surface area contributed by atoms with Crippen molar-refractivity contribution in [2.45, 2.75) is 51.1 Å². The van der Waals surface area contributed by atoms with Crippen molar-refractivity contribution in [3.8, 4) is 0 Å². The van der Waals surface area contributed by atoms with Crippen LogP contribution >= 0.6 is 0 Å². The average molecular weight is 276 g/mol. The maximum Gasteiger partial charge on any atom is 0.123 e. The summed E-state index contributed by atoms with van der Waals surface area (Å²) in [5, 5.41) is 0. The third-order valence-electron chi connectivity index (χ3n) is 5.27. The number of likely N-dealkylation sites (tertiary alicyclic amines) is 1. The van der Waals surface area contributed by atoms with Gasteiger partial charge in [-0.15, -0.1) is 0 Å². The van der Waals surface area contributed by atoms with E-state index in [1.165, 1.54) is 37.7 Å². The largest absolute Gasteiger partial charge is 0.329 e. The summed E-state index contributed by atoms with van der Waals surface area (Å²) in [5.74, 6) is 0.706. The van der Waals surface area contributed by atoms with Crippen LogP contribution in [-0.2, 0) is 0 Å². The van der Waals surface area contributed by atoms with Gasteiger partial charge in [0, 0.05) is 18.6 Å². The van der Waals surface area contributed by atoms with Crippen LogP contribution < -0.4 is 5.73 Å². The Morgan fingerprint density at radius 3 is 2.85 bits per heavy atom. The van der Waals surface area contributed by atoms with Crippen molar-refractivity contribution in [2.75, 3.05) is 13.1 Å². The van der Waals surface area contributed by atoms with Crippen molar-refractivity contribution in [1.29, 1.82) is 0 Å². The average Bonchev–Trinajstić information content (AvgIpc) is 2.86. The fourth-order valence-corrected chi connectivity index (χ4v) is 4.28. The minimum absolute atomic E-state index is 0.154. The summed E-state index contributed by atoms with van der Waals surface area (Å²) in [6, 6.07) is 6.08. The van der Waals surface area contributed by atoms with Gasteiger partial charge < -0.3 is 5.73 Å². The lowest BCUT2D eigenvalue weighted by molar-refractivity contribution is 0.135. The van der Waals surface area contributed by atoms with Crippen LogP contribution in [0.15, 0.2) is 18.2 Å². The fraction of sp³-hybridized carbons (Fsp3) is 0.647. The molecule has 110 valence electrons. The van der Waals surface area contributed by atoms with E-state index in [1.807, 2.05) is 13.0 Å². The molecule has 0 aromatic heterocycles. The summed E-state index contributed by atoms with van der Waals surface area (Å²) >= 11 is 0. The summed E-state index contributed by atoms with van der Waals surface area (Å²) < 4.78 is 13.3. The minimum Gasteiger partial charge on any atom is -0.329 e. The second kappa shape index (κ2) is 5.82. The molecule has 1 aromatic rings. The molecule has 2 N–H and O–H groups in total. The number of rotatable bonds is 3. The van der Waals surface area contributed by atoms with Gasteiger partial charge in [-0.05, 0) is 61.9 Å². The van der Waals surface area contributed by atoms with Gasteiger partial charge in [-0.3, -0.25) is 4.90 Å². The molecule has 0 amide bonds. The van der Waals surface area contributed by atoms with Gasteiger partial charge in [-0.2, -0.15) is 0 Å². The Kier molecular flexibility index (Phi) is 4.08. The van der Waals surface area contributed by atoms with Gasteiger partial charge in [0.2, 0.25) is 0 Å². The van der Waals surface area contributed by atoms with E-state index in [1.54, 1.807) is 12.1 Å². The molecule has 3 heteroatoms. The molecule has 2 aliphatic rings. The number of fused-ring (bicyclic) bond motifs is 1. The Labute approximate surface area is 121 Å². The van der Waals surface area contributed by atoms with Gasteiger partial charge in [-0.25, -0.2) is 4.39 Å². The second-order valence-corrected chi connectivity index (χ2v) is 6.39. The summed E-state index contributed by atoms with van der Waals surface area (Å²) in [6.45, 7) is 3.76. The molecule has 1 aliphatic carbocycles. The van der Waals surface area contributed by atoms with Gasteiger partial charge in [0.1, 0.15) is 5.82 Å². The molecule has 20 heavy (non-hydrogen) atoms. The van der Waals surface area contributed by atoms with E-state index in [0.717, 1.165) is 18.0 Å². The topological polar surface area (TPSA) is 29.3 Å². The molecule has 2 fully saturated rings. The molecule has 3 rings (SSSR count). The Bertz CT molecular complexity index is 474.